The van der Waals surface area contributed by atoms with Crippen LogP contribution >= 0.6 is 0 Å². The highest BCUT2D eigenvalue weighted by Gasteiger charge is 2.34. The lowest BCUT2D eigenvalue weighted by molar-refractivity contribution is -0.127. The van der Waals surface area contributed by atoms with Crippen molar-refractivity contribution in [3.05, 3.63) is 0 Å². The Morgan fingerprint density at radius 1 is 0.680 bits per heavy atom. The number of ketones is 1. The molecule has 2 aliphatic carbocycles. The van der Waals surface area contributed by atoms with Gasteiger partial charge < -0.3 is 0 Å². The molecule has 2 aliphatic rings. The van der Waals surface area contributed by atoms with Crippen molar-refractivity contribution in [3.8, 4) is 0 Å². The van der Waals surface area contributed by atoms with Crippen LogP contribution in [0, 0.1) is 23.7 Å². The van der Waals surface area contributed by atoms with Gasteiger partial charge in [-0.05, 0) is 49.9 Å². The van der Waals surface area contributed by atoms with Gasteiger partial charge in [0.1, 0.15) is 5.78 Å². The molecule has 0 spiro atoms. The fourth-order valence-corrected chi connectivity index (χ4v) is 5.44. The smallest absolute Gasteiger partial charge is 0.136 e. The molecule has 0 heterocycles. The van der Waals surface area contributed by atoms with Gasteiger partial charge in [0.2, 0.25) is 0 Å². The molecule has 0 N–H and O–H groups in total. The number of Topliss-reactive ketones (excluding diaryl/α,β-unsaturated/α-hetero) is 1. The van der Waals surface area contributed by atoms with Gasteiger partial charge in [-0.15, -0.1) is 0 Å². The first-order valence-electron chi connectivity index (χ1n) is 11.8. The number of unbranched alkanes of at least 4 members (excludes halogenated alkanes) is 6. The molecule has 25 heavy (non-hydrogen) atoms. The topological polar surface area (TPSA) is 17.1 Å². The van der Waals surface area contributed by atoms with E-state index >= 15 is 0 Å². The van der Waals surface area contributed by atoms with Gasteiger partial charge in [-0.1, -0.05) is 84.5 Å². The molecular formula is C24H44O. The highest BCUT2D eigenvalue weighted by Crippen LogP contribution is 2.42. The van der Waals surface area contributed by atoms with Crippen LogP contribution in [0.5, 0.6) is 0 Å². The average Bonchev–Trinajstić information content (AvgIpc) is 2.63. The molecule has 0 saturated heterocycles. The summed E-state index contributed by atoms with van der Waals surface area (Å²) in [4.78, 5) is 12.5. The zero-order chi connectivity index (χ0) is 17.9. The molecule has 146 valence electrons. The van der Waals surface area contributed by atoms with Crippen molar-refractivity contribution in [1.29, 1.82) is 0 Å². The molecule has 0 unspecified atom stereocenters. The Hall–Kier alpha value is -0.330. The normalized spacial score (nSPS) is 30.6. The summed E-state index contributed by atoms with van der Waals surface area (Å²) < 4.78 is 0. The lowest BCUT2D eigenvalue weighted by atomic mass is 9.68. The second-order valence-corrected chi connectivity index (χ2v) is 9.18. The van der Waals surface area contributed by atoms with Crippen molar-refractivity contribution >= 4 is 5.78 Å². The fourth-order valence-electron chi connectivity index (χ4n) is 5.44. The van der Waals surface area contributed by atoms with Gasteiger partial charge in [0, 0.05) is 12.3 Å². The Kier molecular flexibility index (Phi) is 10.2. The molecule has 0 aromatic carbocycles. The van der Waals surface area contributed by atoms with E-state index in [0.29, 0.717) is 11.7 Å². The highest BCUT2D eigenvalue weighted by atomic mass is 16.1. The van der Waals surface area contributed by atoms with Crippen molar-refractivity contribution in [1.82, 2.24) is 0 Å². The molecular weight excluding hydrogens is 304 g/mol. The molecule has 1 nitrogen and oxygen atoms in total. The first kappa shape index (κ1) is 21.0. The van der Waals surface area contributed by atoms with Crippen LogP contribution in [0.1, 0.15) is 123 Å². The summed E-state index contributed by atoms with van der Waals surface area (Å²) >= 11 is 0. The summed E-state index contributed by atoms with van der Waals surface area (Å²) in [6.45, 7) is 4.55. The Balaban J connectivity index is 1.60. The minimum atomic E-state index is 0.419. The quantitative estimate of drug-likeness (QED) is 0.349. The van der Waals surface area contributed by atoms with Gasteiger partial charge in [0.05, 0.1) is 0 Å². The van der Waals surface area contributed by atoms with Gasteiger partial charge in [0.15, 0.2) is 0 Å². The number of hydrogen-bond acceptors (Lipinski definition) is 1. The zero-order valence-electron chi connectivity index (χ0n) is 17.2. The van der Waals surface area contributed by atoms with E-state index in [2.05, 4.69) is 13.8 Å². The summed E-state index contributed by atoms with van der Waals surface area (Å²) in [5.41, 5.74) is 0. The summed E-state index contributed by atoms with van der Waals surface area (Å²) in [6, 6.07) is 0. The predicted octanol–water partition coefficient (Wildman–Crippen LogP) is 7.72. The van der Waals surface area contributed by atoms with E-state index in [4.69, 9.17) is 0 Å². The minimum absolute atomic E-state index is 0.419. The molecule has 0 amide bonds. The molecule has 2 saturated carbocycles. The van der Waals surface area contributed by atoms with Crippen LogP contribution in [0.15, 0.2) is 0 Å². The van der Waals surface area contributed by atoms with E-state index in [9.17, 15) is 4.79 Å². The molecule has 0 aromatic heterocycles. The van der Waals surface area contributed by atoms with Crippen LogP contribution in [-0.2, 0) is 4.79 Å². The molecule has 1 heteroatoms. The Morgan fingerprint density at radius 3 is 1.96 bits per heavy atom. The third-order valence-electron chi connectivity index (χ3n) is 7.23. The van der Waals surface area contributed by atoms with Gasteiger partial charge >= 0.3 is 0 Å². The first-order valence-corrected chi connectivity index (χ1v) is 11.8. The van der Waals surface area contributed by atoms with Gasteiger partial charge in [-0.25, -0.2) is 0 Å². The molecule has 0 bridgehead atoms. The summed E-state index contributed by atoms with van der Waals surface area (Å²) in [5.74, 6) is 3.64. The van der Waals surface area contributed by atoms with E-state index in [1.165, 1.54) is 103 Å². The van der Waals surface area contributed by atoms with Crippen LogP contribution < -0.4 is 0 Å². The van der Waals surface area contributed by atoms with Crippen molar-refractivity contribution in [2.75, 3.05) is 0 Å². The number of carbonyl (C=O) groups excluding carboxylic acids is 1. The van der Waals surface area contributed by atoms with E-state index < -0.39 is 0 Å². The molecule has 2 rings (SSSR count). The van der Waals surface area contributed by atoms with Crippen molar-refractivity contribution in [2.45, 2.75) is 123 Å². The van der Waals surface area contributed by atoms with Crippen LogP contribution in [0.2, 0.25) is 0 Å². The number of rotatable bonds is 11. The van der Waals surface area contributed by atoms with Crippen LogP contribution in [0.4, 0.5) is 0 Å². The largest absolute Gasteiger partial charge is 0.299 e. The maximum atomic E-state index is 12.5. The number of hydrogen-bond donors (Lipinski definition) is 0. The van der Waals surface area contributed by atoms with Crippen LogP contribution in [0.3, 0.4) is 0 Å². The monoisotopic (exact) mass is 348 g/mol. The summed E-state index contributed by atoms with van der Waals surface area (Å²) in [7, 11) is 0. The van der Waals surface area contributed by atoms with Crippen molar-refractivity contribution in [3.63, 3.8) is 0 Å². The molecule has 2 atom stereocenters. The van der Waals surface area contributed by atoms with Crippen molar-refractivity contribution < 1.29 is 4.79 Å². The van der Waals surface area contributed by atoms with Gasteiger partial charge in [0.25, 0.3) is 0 Å². The van der Waals surface area contributed by atoms with E-state index in [1.54, 1.807) is 0 Å². The van der Waals surface area contributed by atoms with Crippen molar-refractivity contribution in [2.24, 2.45) is 23.7 Å². The minimum Gasteiger partial charge on any atom is -0.299 e. The van der Waals surface area contributed by atoms with Crippen LogP contribution in [0.25, 0.3) is 0 Å². The van der Waals surface area contributed by atoms with Gasteiger partial charge in [-0.3, -0.25) is 4.79 Å². The average molecular weight is 349 g/mol. The first-order chi connectivity index (χ1) is 12.2. The maximum absolute atomic E-state index is 12.5. The highest BCUT2D eigenvalue weighted by molar-refractivity contribution is 5.81. The Bertz CT molecular complexity index is 353. The second kappa shape index (κ2) is 12.1. The zero-order valence-corrected chi connectivity index (χ0v) is 17.2. The van der Waals surface area contributed by atoms with E-state index in [1.807, 2.05) is 0 Å². The third kappa shape index (κ3) is 7.43. The standard InChI is InChI=1S/C24H44O/c1-3-5-7-8-10-11-20-13-15-21(16-14-20)23-18-17-22(24(25)19-23)12-9-6-4-2/h20-23H,3-19H2,1-2H3/t20?,21?,22-,23-/m1/s1. The Morgan fingerprint density at radius 2 is 1.28 bits per heavy atom. The lowest BCUT2D eigenvalue weighted by Gasteiger charge is -2.37. The molecule has 0 aliphatic heterocycles. The molecule has 2 fully saturated rings. The van der Waals surface area contributed by atoms with E-state index in [-0.39, 0.29) is 0 Å². The lowest BCUT2D eigenvalue weighted by Crippen LogP contribution is -2.31. The maximum Gasteiger partial charge on any atom is 0.136 e. The fraction of sp³-hybridized carbons (Fsp3) is 0.958. The van der Waals surface area contributed by atoms with E-state index in [0.717, 1.165) is 24.2 Å². The third-order valence-corrected chi connectivity index (χ3v) is 7.23. The predicted molar refractivity (Wildman–Crippen MR) is 109 cm³/mol. The van der Waals surface area contributed by atoms with Crippen LogP contribution in [-0.4, -0.2) is 5.78 Å². The molecule has 0 aromatic rings. The Labute approximate surface area is 157 Å². The molecule has 0 radical (unpaired) electrons. The summed E-state index contributed by atoms with van der Waals surface area (Å²) in [5, 5.41) is 0. The van der Waals surface area contributed by atoms with Gasteiger partial charge in [-0.2, -0.15) is 0 Å². The second-order valence-electron chi connectivity index (χ2n) is 9.18. The SMILES string of the molecule is CCCCCCCC1CCC([C@@H]2CC[C@@H](CCCCC)C(=O)C2)CC1. The number of carbonyl (C=O) groups is 1. The summed E-state index contributed by atoms with van der Waals surface area (Å²) in [6.07, 6.45) is 22.8.